The van der Waals surface area contributed by atoms with Crippen LogP contribution in [-0.2, 0) is 0 Å². The molecular formula is C11H6BrClF3N3O. The van der Waals surface area contributed by atoms with Crippen LogP contribution in [0.15, 0.2) is 35.1 Å². The van der Waals surface area contributed by atoms with E-state index in [0.29, 0.717) is 4.47 Å². The molecular weight excluding hydrogens is 362 g/mol. The molecule has 0 bridgehead atoms. The van der Waals surface area contributed by atoms with E-state index in [1.807, 2.05) is 0 Å². The largest absolute Gasteiger partial charge is 0.573 e. The Labute approximate surface area is 125 Å². The molecule has 1 aromatic carbocycles. The van der Waals surface area contributed by atoms with E-state index in [1.165, 1.54) is 24.5 Å². The molecule has 1 aromatic heterocycles. The van der Waals surface area contributed by atoms with Gasteiger partial charge < -0.3 is 10.1 Å². The number of anilines is 2. The van der Waals surface area contributed by atoms with Crippen molar-refractivity contribution in [1.82, 2.24) is 9.97 Å². The standard InChI is InChI=1S/C11H6BrClF3N3O/c12-6-1-2-7(8(3-6)20-11(14,15)16)18-10-5-17-4-9(13)19-10/h1-5H,(H,18,19). The van der Waals surface area contributed by atoms with Crippen molar-refractivity contribution >= 4 is 39.0 Å². The Morgan fingerprint density at radius 1 is 1.25 bits per heavy atom. The fraction of sp³-hybridized carbons (Fsp3) is 0.0909. The van der Waals surface area contributed by atoms with Crippen LogP contribution in [0, 0.1) is 0 Å². The van der Waals surface area contributed by atoms with E-state index in [4.69, 9.17) is 11.6 Å². The molecule has 0 amide bonds. The molecule has 2 rings (SSSR count). The van der Waals surface area contributed by atoms with Crippen molar-refractivity contribution in [3.8, 4) is 5.75 Å². The van der Waals surface area contributed by atoms with Gasteiger partial charge in [0.15, 0.2) is 11.6 Å². The molecule has 4 nitrogen and oxygen atoms in total. The Morgan fingerprint density at radius 2 is 2.00 bits per heavy atom. The number of hydrogen-bond donors (Lipinski definition) is 1. The third kappa shape index (κ3) is 4.24. The molecule has 0 unspecified atom stereocenters. The Balaban J connectivity index is 2.31. The molecule has 0 spiro atoms. The quantitative estimate of drug-likeness (QED) is 0.864. The van der Waals surface area contributed by atoms with Crippen LogP contribution in [-0.4, -0.2) is 16.3 Å². The lowest BCUT2D eigenvalue weighted by molar-refractivity contribution is -0.274. The molecule has 0 radical (unpaired) electrons. The summed E-state index contributed by atoms with van der Waals surface area (Å²) in [6.45, 7) is 0. The monoisotopic (exact) mass is 367 g/mol. The lowest BCUT2D eigenvalue weighted by Crippen LogP contribution is -2.18. The van der Waals surface area contributed by atoms with E-state index < -0.39 is 12.1 Å². The molecule has 1 N–H and O–H groups in total. The third-order valence-corrected chi connectivity index (χ3v) is 2.71. The summed E-state index contributed by atoms with van der Waals surface area (Å²) >= 11 is 8.73. The van der Waals surface area contributed by atoms with Gasteiger partial charge in [-0.15, -0.1) is 13.2 Å². The van der Waals surface area contributed by atoms with E-state index in [0.717, 1.165) is 0 Å². The van der Waals surface area contributed by atoms with E-state index in [1.54, 1.807) is 6.07 Å². The summed E-state index contributed by atoms with van der Waals surface area (Å²) in [7, 11) is 0. The highest BCUT2D eigenvalue weighted by atomic mass is 79.9. The summed E-state index contributed by atoms with van der Waals surface area (Å²) in [4.78, 5) is 7.64. The Morgan fingerprint density at radius 3 is 2.65 bits per heavy atom. The first-order chi connectivity index (χ1) is 9.33. The molecule has 9 heteroatoms. The highest BCUT2D eigenvalue weighted by Crippen LogP contribution is 2.34. The minimum absolute atomic E-state index is 0.0853. The third-order valence-electron chi connectivity index (χ3n) is 2.04. The van der Waals surface area contributed by atoms with Gasteiger partial charge in [0.25, 0.3) is 0 Å². The number of halogens is 5. The van der Waals surface area contributed by atoms with E-state index in [2.05, 4.69) is 36.0 Å². The van der Waals surface area contributed by atoms with Crippen molar-refractivity contribution < 1.29 is 17.9 Å². The van der Waals surface area contributed by atoms with Gasteiger partial charge in [-0.2, -0.15) is 0 Å². The highest BCUT2D eigenvalue weighted by Gasteiger charge is 2.32. The smallest absolute Gasteiger partial charge is 0.404 e. The zero-order valence-corrected chi connectivity index (χ0v) is 11.9. The number of nitrogens with zero attached hydrogens (tertiary/aromatic N) is 2. The van der Waals surface area contributed by atoms with Gasteiger partial charge in [0, 0.05) is 4.47 Å². The normalized spacial score (nSPS) is 11.2. The van der Waals surface area contributed by atoms with Gasteiger partial charge in [-0.1, -0.05) is 27.5 Å². The van der Waals surface area contributed by atoms with Gasteiger partial charge in [0.2, 0.25) is 0 Å². The second-order valence-corrected chi connectivity index (χ2v) is 4.84. The number of nitrogens with one attached hydrogen (secondary N) is 1. The summed E-state index contributed by atoms with van der Waals surface area (Å²) < 4.78 is 41.4. The van der Waals surface area contributed by atoms with E-state index >= 15 is 0 Å². The molecule has 1 heterocycles. The second kappa shape index (κ2) is 5.84. The maximum atomic E-state index is 12.3. The number of alkyl halides is 3. The van der Waals surface area contributed by atoms with Crippen molar-refractivity contribution in [2.24, 2.45) is 0 Å². The van der Waals surface area contributed by atoms with Crippen LogP contribution in [0.5, 0.6) is 5.75 Å². The van der Waals surface area contributed by atoms with Crippen LogP contribution >= 0.6 is 27.5 Å². The molecule has 20 heavy (non-hydrogen) atoms. The van der Waals surface area contributed by atoms with Gasteiger partial charge in [0.1, 0.15) is 5.15 Å². The molecule has 0 saturated heterocycles. The van der Waals surface area contributed by atoms with Gasteiger partial charge in [-0.25, -0.2) is 4.98 Å². The highest BCUT2D eigenvalue weighted by molar-refractivity contribution is 9.10. The first kappa shape index (κ1) is 14.9. The Kier molecular flexibility index (Phi) is 4.34. The van der Waals surface area contributed by atoms with Crippen LogP contribution in [0.1, 0.15) is 0 Å². The van der Waals surface area contributed by atoms with Crippen molar-refractivity contribution in [3.63, 3.8) is 0 Å². The van der Waals surface area contributed by atoms with Crippen LogP contribution in [0.4, 0.5) is 24.7 Å². The summed E-state index contributed by atoms with van der Waals surface area (Å²) in [5, 5.41) is 2.78. The van der Waals surface area contributed by atoms with Crippen molar-refractivity contribution in [1.29, 1.82) is 0 Å². The molecule has 0 atom stereocenters. The molecule has 0 aliphatic heterocycles. The van der Waals surface area contributed by atoms with Crippen molar-refractivity contribution in [3.05, 3.63) is 40.2 Å². The van der Waals surface area contributed by atoms with Crippen molar-refractivity contribution in [2.45, 2.75) is 6.36 Å². The lowest BCUT2D eigenvalue weighted by Gasteiger charge is -2.14. The maximum absolute atomic E-state index is 12.3. The summed E-state index contributed by atoms with van der Waals surface area (Å²) in [6, 6.07) is 4.16. The zero-order chi connectivity index (χ0) is 14.8. The Bertz CT molecular complexity index is 624. The molecule has 0 aliphatic carbocycles. The minimum Gasteiger partial charge on any atom is -0.404 e. The van der Waals surface area contributed by atoms with E-state index in [-0.39, 0.29) is 16.7 Å². The van der Waals surface area contributed by atoms with Gasteiger partial charge in [-0.05, 0) is 18.2 Å². The average Bonchev–Trinajstić information content (AvgIpc) is 2.31. The average molecular weight is 369 g/mol. The molecule has 2 aromatic rings. The van der Waals surface area contributed by atoms with Crippen LogP contribution in [0.3, 0.4) is 0 Å². The number of rotatable bonds is 3. The second-order valence-electron chi connectivity index (χ2n) is 3.54. The zero-order valence-electron chi connectivity index (χ0n) is 9.58. The molecule has 106 valence electrons. The van der Waals surface area contributed by atoms with E-state index in [9.17, 15) is 13.2 Å². The van der Waals surface area contributed by atoms with Crippen LogP contribution < -0.4 is 10.1 Å². The molecule has 0 saturated carbocycles. The van der Waals surface area contributed by atoms with Gasteiger partial charge in [0.05, 0.1) is 18.1 Å². The predicted octanol–water partition coefficient (Wildman–Crippen LogP) is 4.53. The number of hydrogen-bond acceptors (Lipinski definition) is 4. The fourth-order valence-corrected chi connectivity index (χ4v) is 1.84. The van der Waals surface area contributed by atoms with Gasteiger partial charge >= 0.3 is 6.36 Å². The number of ether oxygens (including phenoxy) is 1. The number of aromatic nitrogens is 2. The fourth-order valence-electron chi connectivity index (χ4n) is 1.35. The topological polar surface area (TPSA) is 47.0 Å². The van der Waals surface area contributed by atoms with Crippen LogP contribution in [0.2, 0.25) is 5.15 Å². The van der Waals surface area contributed by atoms with Crippen molar-refractivity contribution in [2.75, 3.05) is 5.32 Å². The minimum atomic E-state index is -4.79. The molecule has 0 fully saturated rings. The summed E-state index contributed by atoms with van der Waals surface area (Å²) in [5.41, 5.74) is 0.0853. The number of benzene rings is 1. The van der Waals surface area contributed by atoms with Gasteiger partial charge in [-0.3, -0.25) is 4.98 Å². The summed E-state index contributed by atoms with van der Waals surface area (Å²) in [5.74, 6) is -0.194. The first-order valence-electron chi connectivity index (χ1n) is 5.13. The SMILES string of the molecule is FC(F)(F)Oc1cc(Br)ccc1Nc1cncc(Cl)n1. The maximum Gasteiger partial charge on any atom is 0.573 e. The first-order valence-corrected chi connectivity index (χ1v) is 6.30. The summed E-state index contributed by atoms with van der Waals surface area (Å²) in [6.07, 6.45) is -2.16. The predicted molar refractivity (Wildman–Crippen MR) is 71.1 cm³/mol. The Hall–Kier alpha value is -1.54. The van der Waals surface area contributed by atoms with Crippen LogP contribution in [0.25, 0.3) is 0 Å². The molecule has 0 aliphatic rings. The lowest BCUT2D eigenvalue weighted by atomic mass is 10.3.